The molecule has 0 amide bonds. The molecule has 1 aromatic rings. The number of rotatable bonds is 1. The van der Waals surface area contributed by atoms with E-state index in [0.717, 1.165) is 4.47 Å². The van der Waals surface area contributed by atoms with Gasteiger partial charge in [0.2, 0.25) is 0 Å². The molecular weight excluding hydrogens is 245 g/mol. The van der Waals surface area contributed by atoms with Crippen LogP contribution in [0.1, 0.15) is 5.56 Å². The fourth-order valence-corrected chi connectivity index (χ4v) is 1.97. The first-order chi connectivity index (χ1) is 5.52. The Labute approximate surface area is 82.6 Å². The van der Waals surface area contributed by atoms with Gasteiger partial charge in [-0.05, 0) is 19.1 Å². The minimum atomic E-state index is -0.482. The van der Waals surface area contributed by atoms with E-state index >= 15 is 0 Å². The molecule has 0 bridgehead atoms. The lowest BCUT2D eigenvalue weighted by atomic mass is 10.2. The summed E-state index contributed by atoms with van der Waals surface area (Å²) < 4.78 is 0.746. The normalized spacial score (nSPS) is 9.92. The van der Waals surface area contributed by atoms with Crippen LogP contribution < -0.4 is 0 Å². The molecular formula is C7H5BrClNO2. The summed E-state index contributed by atoms with van der Waals surface area (Å²) in [6.45, 7) is 1.65. The fourth-order valence-electron chi connectivity index (χ4n) is 0.926. The summed E-state index contributed by atoms with van der Waals surface area (Å²) in [6.07, 6.45) is 0. The van der Waals surface area contributed by atoms with Gasteiger partial charge in [0.1, 0.15) is 5.02 Å². The summed E-state index contributed by atoms with van der Waals surface area (Å²) in [5.41, 5.74) is 0.527. The van der Waals surface area contributed by atoms with Crippen molar-refractivity contribution in [2.24, 2.45) is 0 Å². The maximum Gasteiger partial charge on any atom is 0.290 e. The molecule has 0 spiro atoms. The third kappa shape index (κ3) is 1.76. The number of nitro groups is 1. The molecule has 64 valence electrons. The smallest absolute Gasteiger partial charge is 0.258 e. The molecule has 0 aliphatic carbocycles. The minimum Gasteiger partial charge on any atom is -0.258 e. The van der Waals surface area contributed by atoms with Crippen molar-refractivity contribution in [3.05, 3.63) is 37.3 Å². The van der Waals surface area contributed by atoms with E-state index < -0.39 is 4.92 Å². The van der Waals surface area contributed by atoms with Crippen LogP contribution in [0, 0.1) is 17.0 Å². The average molecular weight is 250 g/mol. The first-order valence-electron chi connectivity index (χ1n) is 3.12. The second kappa shape index (κ2) is 3.41. The Bertz CT molecular complexity index is 317. The Balaban J connectivity index is 3.38. The van der Waals surface area contributed by atoms with E-state index in [0.29, 0.717) is 5.56 Å². The number of nitrogens with zero attached hydrogens (tertiary/aromatic N) is 1. The zero-order chi connectivity index (χ0) is 9.30. The van der Waals surface area contributed by atoms with Gasteiger partial charge in [-0.15, -0.1) is 0 Å². The predicted molar refractivity (Wildman–Crippen MR) is 50.5 cm³/mol. The van der Waals surface area contributed by atoms with Crippen molar-refractivity contribution in [1.82, 2.24) is 0 Å². The van der Waals surface area contributed by atoms with Gasteiger partial charge >= 0.3 is 0 Å². The Hall–Kier alpha value is -0.610. The highest BCUT2D eigenvalue weighted by Gasteiger charge is 2.15. The molecule has 0 saturated carbocycles. The van der Waals surface area contributed by atoms with Gasteiger partial charge in [-0.25, -0.2) is 0 Å². The van der Waals surface area contributed by atoms with Crippen LogP contribution in [0.25, 0.3) is 0 Å². The number of aryl methyl sites for hydroxylation is 1. The van der Waals surface area contributed by atoms with E-state index in [1.807, 2.05) is 0 Å². The van der Waals surface area contributed by atoms with Gasteiger partial charge in [0.25, 0.3) is 5.69 Å². The second-order valence-corrected chi connectivity index (χ2v) is 3.63. The van der Waals surface area contributed by atoms with Gasteiger partial charge in [-0.3, -0.25) is 10.1 Å². The molecule has 0 unspecified atom stereocenters. The van der Waals surface area contributed by atoms with Crippen molar-refractivity contribution < 1.29 is 4.92 Å². The van der Waals surface area contributed by atoms with E-state index in [1.165, 1.54) is 6.07 Å². The summed E-state index contributed by atoms with van der Waals surface area (Å²) in [5.74, 6) is 0. The zero-order valence-corrected chi connectivity index (χ0v) is 8.52. The van der Waals surface area contributed by atoms with Gasteiger partial charge in [0.05, 0.1) is 4.92 Å². The molecule has 1 rings (SSSR count). The van der Waals surface area contributed by atoms with Crippen LogP contribution in [0.2, 0.25) is 5.02 Å². The summed E-state index contributed by atoms with van der Waals surface area (Å²) in [7, 11) is 0. The average Bonchev–Trinajstić information content (AvgIpc) is 1.82. The van der Waals surface area contributed by atoms with Gasteiger partial charge < -0.3 is 0 Å². The first kappa shape index (κ1) is 9.48. The Kier molecular flexibility index (Phi) is 2.69. The highest BCUT2D eigenvalue weighted by molar-refractivity contribution is 9.10. The van der Waals surface area contributed by atoms with E-state index in [1.54, 1.807) is 13.0 Å². The highest BCUT2D eigenvalue weighted by Crippen LogP contribution is 2.31. The van der Waals surface area contributed by atoms with Crippen molar-refractivity contribution in [2.75, 3.05) is 0 Å². The van der Waals surface area contributed by atoms with Crippen molar-refractivity contribution in [1.29, 1.82) is 0 Å². The van der Waals surface area contributed by atoms with Gasteiger partial charge in [-0.2, -0.15) is 0 Å². The van der Waals surface area contributed by atoms with Crippen LogP contribution in [-0.4, -0.2) is 4.92 Å². The molecule has 0 saturated heterocycles. The Morgan fingerprint density at radius 1 is 1.58 bits per heavy atom. The summed E-state index contributed by atoms with van der Waals surface area (Å²) in [6, 6.07) is 3.16. The van der Waals surface area contributed by atoms with E-state index in [4.69, 9.17) is 11.6 Å². The summed E-state index contributed by atoms with van der Waals surface area (Å²) in [5, 5.41) is 10.6. The van der Waals surface area contributed by atoms with E-state index in [-0.39, 0.29) is 10.7 Å². The second-order valence-electron chi connectivity index (χ2n) is 2.31. The van der Waals surface area contributed by atoms with E-state index in [2.05, 4.69) is 15.9 Å². The molecule has 0 fully saturated rings. The van der Waals surface area contributed by atoms with Gasteiger partial charge in [0.15, 0.2) is 0 Å². The molecule has 0 heterocycles. The SMILES string of the molecule is Cc1cc(Br)cc(Cl)c1[N+](=O)[O-]. The monoisotopic (exact) mass is 249 g/mol. The number of hydrogen-bond donors (Lipinski definition) is 0. The summed E-state index contributed by atoms with van der Waals surface area (Å²) in [4.78, 5) is 9.98. The van der Waals surface area contributed by atoms with Crippen molar-refractivity contribution in [3.8, 4) is 0 Å². The molecule has 1 aromatic carbocycles. The number of hydrogen-bond acceptors (Lipinski definition) is 2. The highest BCUT2D eigenvalue weighted by atomic mass is 79.9. The van der Waals surface area contributed by atoms with Crippen molar-refractivity contribution in [2.45, 2.75) is 6.92 Å². The van der Waals surface area contributed by atoms with Gasteiger partial charge in [-0.1, -0.05) is 27.5 Å². The summed E-state index contributed by atoms with van der Waals surface area (Å²) >= 11 is 8.85. The molecule has 0 aromatic heterocycles. The zero-order valence-electron chi connectivity index (χ0n) is 6.17. The third-order valence-electron chi connectivity index (χ3n) is 1.40. The maximum absolute atomic E-state index is 10.5. The van der Waals surface area contributed by atoms with Crippen LogP contribution in [0.5, 0.6) is 0 Å². The number of nitro benzene ring substituents is 1. The standard InChI is InChI=1S/C7H5BrClNO2/c1-4-2-5(8)3-6(9)7(4)10(11)12/h2-3H,1H3. The van der Waals surface area contributed by atoms with Crippen molar-refractivity contribution in [3.63, 3.8) is 0 Å². The van der Waals surface area contributed by atoms with Crippen LogP contribution in [0.15, 0.2) is 16.6 Å². The molecule has 0 aliphatic heterocycles. The quantitative estimate of drug-likeness (QED) is 0.567. The topological polar surface area (TPSA) is 43.1 Å². The molecule has 5 heteroatoms. The largest absolute Gasteiger partial charge is 0.290 e. The molecule has 12 heavy (non-hydrogen) atoms. The molecule has 0 N–H and O–H groups in total. The van der Waals surface area contributed by atoms with Crippen LogP contribution in [-0.2, 0) is 0 Å². The lowest BCUT2D eigenvalue weighted by molar-refractivity contribution is -0.385. The number of benzene rings is 1. The minimum absolute atomic E-state index is 0.0279. The third-order valence-corrected chi connectivity index (χ3v) is 2.15. The maximum atomic E-state index is 10.5. The van der Waals surface area contributed by atoms with Crippen LogP contribution in [0.4, 0.5) is 5.69 Å². The Morgan fingerprint density at radius 3 is 2.58 bits per heavy atom. The lowest BCUT2D eigenvalue weighted by Crippen LogP contribution is -1.92. The van der Waals surface area contributed by atoms with Crippen molar-refractivity contribution >= 4 is 33.2 Å². The van der Waals surface area contributed by atoms with E-state index in [9.17, 15) is 10.1 Å². The Morgan fingerprint density at radius 2 is 2.17 bits per heavy atom. The van der Waals surface area contributed by atoms with Gasteiger partial charge in [0, 0.05) is 10.0 Å². The fraction of sp³-hybridized carbons (Fsp3) is 0.143. The van der Waals surface area contributed by atoms with Crippen LogP contribution in [0.3, 0.4) is 0 Å². The predicted octanol–water partition coefficient (Wildman–Crippen LogP) is 3.32. The molecule has 0 radical (unpaired) electrons. The van der Waals surface area contributed by atoms with Crippen LogP contribution >= 0.6 is 27.5 Å². The number of halogens is 2. The molecule has 3 nitrogen and oxygen atoms in total. The lowest BCUT2D eigenvalue weighted by Gasteiger charge is -1.99. The first-order valence-corrected chi connectivity index (χ1v) is 4.29. The molecule has 0 atom stereocenters. The molecule has 0 aliphatic rings.